The van der Waals surface area contributed by atoms with Crippen molar-refractivity contribution in [1.29, 1.82) is 0 Å². The van der Waals surface area contributed by atoms with Gasteiger partial charge in [0.05, 0.1) is 0 Å². The van der Waals surface area contributed by atoms with E-state index in [-0.39, 0.29) is 6.54 Å². The van der Waals surface area contributed by atoms with E-state index < -0.39 is 5.97 Å². The Balaban J connectivity index is 2.48. The maximum absolute atomic E-state index is 10.3. The third-order valence-electron chi connectivity index (χ3n) is 1.79. The van der Waals surface area contributed by atoms with Crippen molar-refractivity contribution in [2.24, 2.45) is 0 Å². The van der Waals surface area contributed by atoms with E-state index in [1.54, 1.807) is 12.1 Å². The molecule has 15 heavy (non-hydrogen) atoms. The van der Waals surface area contributed by atoms with Gasteiger partial charge in [-0.2, -0.15) is 0 Å². The number of amides is 1. The summed E-state index contributed by atoms with van der Waals surface area (Å²) in [6.07, 6.45) is 0.636. The molecular weight excluding hydrogens is 196 g/mol. The molecule has 1 rings (SSSR count). The lowest BCUT2D eigenvalue weighted by atomic mass is 10.2. The summed E-state index contributed by atoms with van der Waals surface area (Å²) < 4.78 is 0. The maximum Gasteiger partial charge on any atom is 0.322 e. The van der Waals surface area contributed by atoms with Gasteiger partial charge in [0, 0.05) is 12.2 Å². The summed E-state index contributed by atoms with van der Waals surface area (Å²) in [6.45, 7) is 0.370. The lowest BCUT2D eigenvalue weighted by Gasteiger charge is -2.04. The summed E-state index contributed by atoms with van der Waals surface area (Å²) in [4.78, 5) is 20.3. The molecular formula is C10H12N2O3. The van der Waals surface area contributed by atoms with Crippen LogP contribution in [0.5, 0.6) is 0 Å². The number of carboxylic acid groups (broad SMARTS) is 1. The van der Waals surface area contributed by atoms with Crippen molar-refractivity contribution in [3.8, 4) is 0 Å². The Morgan fingerprint density at radius 1 is 1.33 bits per heavy atom. The summed E-state index contributed by atoms with van der Waals surface area (Å²) in [7, 11) is 0. The van der Waals surface area contributed by atoms with E-state index in [0.717, 1.165) is 11.3 Å². The average Bonchev–Trinajstić information content (AvgIpc) is 2.25. The van der Waals surface area contributed by atoms with Crippen molar-refractivity contribution in [3.63, 3.8) is 0 Å². The monoisotopic (exact) mass is 208 g/mol. The number of hydrogen-bond acceptors (Lipinski definition) is 3. The van der Waals surface area contributed by atoms with Gasteiger partial charge in [-0.1, -0.05) is 12.1 Å². The van der Waals surface area contributed by atoms with E-state index in [1.165, 1.54) is 0 Å². The third-order valence-corrected chi connectivity index (χ3v) is 1.79. The Bertz CT molecular complexity index is 335. The first-order valence-electron chi connectivity index (χ1n) is 4.44. The zero-order valence-electron chi connectivity index (χ0n) is 8.06. The molecule has 0 aliphatic carbocycles. The van der Waals surface area contributed by atoms with E-state index in [0.29, 0.717) is 13.0 Å². The van der Waals surface area contributed by atoms with Gasteiger partial charge in [0.2, 0.25) is 6.41 Å². The minimum absolute atomic E-state index is 0.105. The molecule has 0 atom stereocenters. The summed E-state index contributed by atoms with van der Waals surface area (Å²) in [5, 5.41) is 13.7. The van der Waals surface area contributed by atoms with Crippen LogP contribution in [0.15, 0.2) is 24.3 Å². The van der Waals surface area contributed by atoms with Crippen molar-refractivity contribution in [2.75, 3.05) is 11.9 Å². The number of hydrogen-bond donors (Lipinski definition) is 3. The SMILES string of the molecule is O=CNCc1ccc(NCC(=O)O)cc1. The van der Waals surface area contributed by atoms with E-state index in [9.17, 15) is 9.59 Å². The highest BCUT2D eigenvalue weighted by atomic mass is 16.4. The van der Waals surface area contributed by atoms with Gasteiger partial charge in [-0.25, -0.2) is 0 Å². The summed E-state index contributed by atoms with van der Waals surface area (Å²) in [6, 6.07) is 7.18. The molecule has 5 nitrogen and oxygen atoms in total. The molecule has 5 heteroatoms. The molecule has 1 amide bonds. The van der Waals surface area contributed by atoms with Crippen LogP contribution in [0.1, 0.15) is 5.56 Å². The Morgan fingerprint density at radius 3 is 2.53 bits per heavy atom. The van der Waals surface area contributed by atoms with Crippen LogP contribution in [0.3, 0.4) is 0 Å². The number of anilines is 1. The largest absolute Gasteiger partial charge is 0.480 e. The zero-order chi connectivity index (χ0) is 11.1. The second kappa shape index (κ2) is 5.64. The highest BCUT2D eigenvalue weighted by molar-refractivity contribution is 5.72. The van der Waals surface area contributed by atoms with Gasteiger partial charge in [-0.3, -0.25) is 9.59 Å². The average molecular weight is 208 g/mol. The van der Waals surface area contributed by atoms with Crippen LogP contribution in [-0.4, -0.2) is 24.0 Å². The Morgan fingerprint density at radius 2 is 2.00 bits per heavy atom. The number of nitrogens with one attached hydrogen (secondary N) is 2. The van der Waals surface area contributed by atoms with Gasteiger partial charge >= 0.3 is 5.97 Å². The van der Waals surface area contributed by atoms with Gasteiger partial charge in [0.25, 0.3) is 0 Å². The predicted molar refractivity (Wildman–Crippen MR) is 55.5 cm³/mol. The highest BCUT2D eigenvalue weighted by Gasteiger charge is 1.97. The Labute approximate surface area is 87.1 Å². The van der Waals surface area contributed by atoms with Gasteiger partial charge < -0.3 is 15.7 Å². The molecule has 0 unspecified atom stereocenters. The second-order valence-electron chi connectivity index (χ2n) is 2.94. The van der Waals surface area contributed by atoms with E-state index >= 15 is 0 Å². The van der Waals surface area contributed by atoms with Gasteiger partial charge in [0.15, 0.2) is 0 Å². The zero-order valence-corrected chi connectivity index (χ0v) is 8.06. The lowest BCUT2D eigenvalue weighted by Crippen LogP contribution is -2.12. The van der Waals surface area contributed by atoms with Crippen LogP contribution in [0.4, 0.5) is 5.69 Å². The van der Waals surface area contributed by atoms with Crippen LogP contribution in [0, 0.1) is 0 Å². The second-order valence-corrected chi connectivity index (χ2v) is 2.94. The molecule has 0 aliphatic heterocycles. The first-order chi connectivity index (χ1) is 7.22. The molecule has 3 N–H and O–H groups in total. The molecule has 0 aromatic heterocycles. The standard InChI is InChI=1S/C10H12N2O3/c13-7-11-5-8-1-3-9(4-2-8)12-6-10(14)15/h1-4,7,12H,5-6H2,(H,11,13)(H,14,15). The number of carboxylic acids is 1. The quantitative estimate of drug-likeness (QED) is 0.592. The molecule has 80 valence electrons. The Kier molecular flexibility index (Phi) is 4.15. The number of benzene rings is 1. The topological polar surface area (TPSA) is 78.4 Å². The van der Waals surface area contributed by atoms with Crippen LogP contribution < -0.4 is 10.6 Å². The smallest absolute Gasteiger partial charge is 0.322 e. The molecule has 0 bridgehead atoms. The minimum atomic E-state index is -0.901. The number of carbonyl (C=O) groups excluding carboxylic acids is 1. The van der Waals surface area contributed by atoms with Crippen molar-refractivity contribution in [2.45, 2.75) is 6.54 Å². The molecule has 0 spiro atoms. The fraction of sp³-hybridized carbons (Fsp3) is 0.200. The number of carbonyl (C=O) groups is 2. The predicted octanol–water partition coefficient (Wildman–Crippen LogP) is 0.429. The fourth-order valence-electron chi connectivity index (χ4n) is 1.08. The molecule has 0 heterocycles. The molecule has 0 radical (unpaired) electrons. The Hall–Kier alpha value is -2.04. The fourth-order valence-corrected chi connectivity index (χ4v) is 1.08. The van der Waals surface area contributed by atoms with Crippen molar-refractivity contribution < 1.29 is 14.7 Å². The molecule has 0 saturated heterocycles. The van der Waals surface area contributed by atoms with Gasteiger partial charge in [0.1, 0.15) is 6.54 Å². The first-order valence-corrected chi connectivity index (χ1v) is 4.44. The normalized spacial score (nSPS) is 9.33. The first kappa shape index (κ1) is 11.0. The van der Waals surface area contributed by atoms with Crippen molar-refractivity contribution >= 4 is 18.1 Å². The lowest BCUT2D eigenvalue weighted by molar-refractivity contribution is -0.134. The van der Waals surface area contributed by atoms with Crippen LogP contribution in [0.2, 0.25) is 0 Å². The third kappa shape index (κ3) is 4.12. The number of aliphatic carboxylic acids is 1. The molecule has 1 aromatic rings. The van der Waals surface area contributed by atoms with Crippen LogP contribution >= 0.6 is 0 Å². The molecule has 0 fully saturated rings. The summed E-state index contributed by atoms with van der Waals surface area (Å²) >= 11 is 0. The molecule has 1 aromatic carbocycles. The molecule has 0 aliphatic rings. The van der Waals surface area contributed by atoms with Crippen LogP contribution in [0.25, 0.3) is 0 Å². The van der Waals surface area contributed by atoms with Gasteiger partial charge in [-0.15, -0.1) is 0 Å². The van der Waals surface area contributed by atoms with E-state index in [4.69, 9.17) is 5.11 Å². The van der Waals surface area contributed by atoms with Crippen molar-refractivity contribution in [1.82, 2.24) is 5.32 Å². The van der Waals surface area contributed by atoms with Crippen LogP contribution in [-0.2, 0) is 16.1 Å². The minimum Gasteiger partial charge on any atom is -0.480 e. The summed E-state index contributed by atoms with van der Waals surface area (Å²) in [5.74, 6) is -0.901. The van der Waals surface area contributed by atoms with E-state index in [2.05, 4.69) is 10.6 Å². The molecule has 0 saturated carbocycles. The summed E-state index contributed by atoms with van der Waals surface area (Å²) in [5.41, 5.74) is 1.70. The van der Waals surface area contributed by atoms with Crippen molar-refractivity contribution in [3.05, 3.63) is 29.8 Å². The van der Waals surface area contributed by atoms with E-state index in [1.807, 2.05) is 12.1 Å². The number of rotatable bonds is 6. The maximum atomic E-state index is 10.3. The van der Waals surface area contributed by atoms with Gasteiger partial charge in [-0.05, 0) is 17.7 Å². The highest BCUT2D eigenvalue weighted by Crippen LogP contribution is 2.08.